The molecule has 2 heterocycles. The molecular weight excluding hydrogens is 527 g/mol. The molecule has 0 saturated heterocycles. The Morgan fingerprint density at radius 2 is 1.92 bits per heavy atom. The molecule has 11 heteroatoms. The highest BCUT2D eigenvalue weighted by atomic mass is 35.5. The number of aromatic nitrogens is 3. The number of ether oxygens (including phenoxy) is 1. The number of halogens is 2. The van der Waals surface area contributed by atoms with E-state index in [1.54, 1.807) is 41.3 Å². The van der Waals surface area contributed by atoms with Crippen molar-refractivity contribution in [3.8, 4) is 22.8 Å². The molecule has 0 bridgehead atoms. The predicted molar refractivity (Wildman–Crippen MR) is 147 cm³/mol. The van der Waals surface area contributed by atoms with Crippen LogP contribution in [0.3, 0.4) is 0 Å². The van der Waals surface area contributed by atoms with Crippen LogP contribution in [0.1, 0.15) is 18.4 Å². The number of nitrogens with one attached hydrogen (secondary N) is 1. The highest BCUT2D eigenvalue weighted by Crippen LogP contribution is 2.29. The molecular formula is C27H26Cl2N6O3. The van der Waals surface area contributed by atoms with Crippen LogP contribution in [-0.4, -0.2) is 44.4 Å². The number of hydrogen-bond donors (Lipinski definition) is 3. The summed E-state index contributed by atoms with van der Waals surface area (Å²) in [6.07, 6.45) is 4.41. The second kappa shape index (κ2) is 12.9. The molecule has 0 aliphatic rings. The van der Waals surface area contributed by atoms with Gasteiger partial charge < -0.3 is 21.0 Å². The molecule has 0 radical (unpaired) electrons. The topological polar surface area (TPSA) is 128 Å². The van der Waals surface area contributed by atoms with Crippen LogP contribution in [0.2, 0.25) is 10.0 Å². The van der Waals surface area contributed by atoms with Gasteiger partial charge in [0.1, 0.15) is 0 Å². The summed E-state index contributed by atoms with van der Waals surface area (Å²) in [6.45, 7) is 0.250. The van der Waals surface area contributed by atoms with Gasteiger partial charge >= 0.3 is 0 Å². The van der Waals surface area contributed by atoms with Gasteiger partial charge in [-0.25, -0.2) is 4.68 Å². The zero-order valence-corrected chi connectivity index (χ0v) is 21.8. The Balaban J connectivity index is 1.40. The Morgan fingerprint density at radius 1 is 1.11 bits per heavy atom. The molecule has 0 saturated carbocycles. The van der Waals surface area contributed by atoms with Gasteiger partial charge in [-0.05, 0) is 48.7 Å². The van der Waals surface area contributed by atoms with E-state index in [0.717, 1.165) is 11.1 Å². The molecule has 2 aromatic carbocycles. The Labute approximate surface area is 229 Å². The van der Waals surface area contributed by atoms with E-state index >= 15 is 0 Å². The number of hydrogen-bond acceptors (Lipinski definition) is 6. The zero-order chi connectivity index (χ0) is 26.9. The van der Waals surface area contributed by atoms with Crippen molar-refractivity contribution >= 4 is 34.9 Å². The largest absolute Gasteiger partial charge is 0.478 e. The van der Waals surface area contributed by atoms with Crippen molar-refractivity contribution in [2.75, 3.05) is 6.61 Å². The number of nitrogens with two attached hydrogens (primary N) is 1. The normalized spacial score (nSPS) is 12.2. The number of carbonyl (C=O) groups is 1. The van der Waals surface area contributed by atoms with E-state index in [1.807, 2.05) is 42.5 Å². The number of oxime groups is 1. The smallest absolute Gasteiger partial charge is 0.220 e. The Bertz CT molecular complexity index is 1400. The summed E-state index contributed by atoms with van der Waals surface area (Å²) < 4.78 is 7.64. The molecule has 196 valence electrons. The van der Waals surface area contributed by atoms with Gasteiger partial charge in [-0.3, -0.25) is 9.78 Å². The summed E-state index contributed by atoms with van der Waals surface area (Å²) in [5, 5.41) is 20.5. The van der Waals surface area contributed by atoms with E-state index in [1.165, 1.54) is 0 Å². The maximum Gasteiger partial charge on any atom is 0.220 e. The van der Waals surface area contributed by atoms with Crippen LogP contribution in [-0.2, 0) is 11.2 Å². The van der Waals surface area contributed by atoms with Gasteiger partial charge in [0, 0.05) is 30.4 Å². The summed E-state index contributed by atoms with van der Waals surface area (Å²) in [7, 11) is 0. The summed E-state index contributed by atoms with van der Waals surface area (Å²) in [5.41, 5.74) is 8.93. The minimum absolute atomic E-state index is 0.0630. The first-order chi connectivity index (χ1) is 18.4. The molecule has 9 nitrogen and oxygen atoms in total. The molecule has 38 heavy (non-hydrogen) atoms. The van der Waals surface area contributed by atoms with Crippen LogP contribution in [0.4, 0.5) is 0 Å². The van der Waals surface area contributed by atoms with Crippen molar-refractivity contribution in [1.29, 1.82) is 0 Å². The quantitative estimate of drug-likeness (QED) is 0.0800. The van der Waals surface area contributed by atoms with Crippen molar-refractivity contribution in [1.82, 2.24) is 20.1 Å². The first kappa shape index (κ1) is 27.0. The van der Waals surface area contributed by atoms with Crippen molar-refractivity contribution in [2.24, 2.45) is 10.9 Å². The van der Waals surface area contributed by atoms with E-state index in [2.05, 4.69) is 20.6 Å². The molecule has 1 amide bonds. The third-order valence-corrected chi connectivity index (χ3v) is 6.41. The third kappa shape index (κ3) is 7.02. The van der Waals surface area contributed by atoms with Gasteiger partial charge in [0.2, 0.25) is 11.8 Å². The summed E-state index contributed by atoms with van der Waals surface area (Å²) in [4.78, 5) is 16.8. The van der Waals surface area contributed by atoms with Crippen molar-refractivity contribution in [3.05, 3.63) is 94.7 Å². The number of benzene rings is 2. The van der Waals surface area contributed by atoms with E-state index < -0.39 is 6.04 Å². The predicted octanol–water partition coefficient (Wildman–Crippen LogP) is 4.87. The van der Waals surface area contributed by atoms with E-state index in [4.69, 9.17) is 38.9 Å². The maximum absolute atomic E-state index is 12.6. The number of carbonyl (C=O) groups excluding carboxylic acids is 1. The molecule has 4 N–H and O–H groups in total. The van der Waals surface area contributed by atoms with Crippen molar-refractivity contribution in [3.63, 3.8) is 0 Å². The van der Waals surface area contributed by atoms with Gasteiger partial charge in [-0.1, -0.05) is 58.7 Å². The average Bonchev–Trinajstić information content (AvgIpc) is 3.37. The van der Waals surface area contributed by atoms with Gasteiger partial charge in [0.25, 0.3) is 0 Å². The lowest BCUT2D eigenvalue weighted by Gasteiger charge is -2.17. The Morgan fingerprint density at radius 3 is 2.63 bits per heavy atom. The van der Waals surface area contributed by atoms with Crippen LogP contribution in [0, 0.1) is 0 Å². The first-order valence-electron chi connectivity index (χ1n) is 11.8. The number of amides is 1. The molecule has 4 rings (SSSR count). The standard InChI is InChI=1S/C27H26Cl2N6O3/c28-21-11-10-20(15-22(21)29)35-26(16-23(33-35)19-8-4-12-31-17-19)38-13-5-9-25(36)32-24(27(30)34-37)14-18-6-2-1-3-7-18/h1-4,6-8,10-12,15-17,24,37H,5,9,13-14H2,(H2,30,34)(H,32,36). The maximum atomic E-state index is 12.6. The number of pyridine rings is 1. The molecule has 0 aliphatic carbocycles. The summed E-state index contributed by atoms with van der Waals surface area (Å²) in [5.74, 6) is 0.170. The summed E-state index contributed by atoms with van der Waals surface area (Å²) in [6, 6.07) is 19.6. The fourth-order valence-corrected chi connectivity index (χ4v) is 4.04. The van der Waals surface area contributed by atoms with E-state index in [0.29, 0.717) is 40.1 Å². The van der Waals surface area contributed by atoms with Crippen LogP contribution in [0.15, 0.2) is 84.3 Å². The molecule has 1 unspecified atom stereocenters. The van der Waals surface area contributed by atoms with Crippen LogP contribution >= 0.6 is 23.2 Å². The highest BCUT2D eigenvalue weighted by Gasteiger charge is 2.18. The molecule has 2 aromatic heterocycles. The minimum Gasteiger partial charge on any atom is -0.478 e. The van der Waals surface area contributed by atoms with Crippen LogP contribution in [0.5, 0.6) is 5.88 Å². The lowest BCUT2D eigenvalue weighted by molar-refractivity contribution is -0.121. The Hall–Kier alpha value is -4.08. The van der Waals surface area contributed by atoms with Crippen LogP contribution in [0.25, 0.3) is 16.9 Å². The van der Waals surface area contributed by atoms with E-state index in [9.17, 15) is 4.79 Å². The first-order valence-corrected chi connectivity index (χ1v) is 12.6. The molecule has 0 aliphatic heterocycles. The summed E-state index contributed by atoms with van der Waals surface area (Å²) >= 11 is 12.3. The lowest BCUT2D eigenvalue weighted by Crippen LogP contribution is -2.46. The molecule has 4 aromatic rings. The third-order valence-electron chi connectivity index (χ3n) is 5.67. The van der Waals surface area contributed by atoms with Gasteiger partial charge in [-0.15, -0.1) is 0 Å². The van der Waals surface area contributed by atoms with Gasteiger partial charge in [0.05, 0.1) is 34.1 Å². The fraction of sp³-hybridized carbons (Fsp3) is 0.185. The molecule has 0 spiro atoms. The SMILES string of the molecule is N/C(=N\O)C(Cc1ccccc1)NC(=O)CCCOc1cc(-c2cccnc2)nn1-c1ccc(Cl)c(Cl)c1. The van der Waals surface area contributed by atoms with Crippen molar-refractivity contribution in [2.45, 2.75) is 25.3 Å². The highest BCUT2D eigenvalue weighted by molar-refractivity contribution is 6.42. The van der Waals surface area contributed by atoms with Crippen molar-refractivity contribution < 1.29 is 14.7 Å². The number of amidine groups is 1. The van der Waals surface area contributed by atoms with Gasteiger partial charge in [-0.2, -0.15) is 5.10 Å². The van der Waals surface area contributed by atoms with Crippen LogP contribution < -0.4 is 15.8 Å². The Kier molecular flexibility index (Phi) is 9.18. The lowest BCUT2D eigenvalue weighted by atomic mass is 10.0. The van der Waals surface area contributed by atoms with Gasteiger partial charge in [0.15, 0.2) is 5.84 Å². The zero-order valence-electron chi connectivity index (χ0n) is 20.3. The average molecular weight is 553 g/mol. The number of rotatable bonds is 11. The van der Waals surface area contributed by atoms with E-state index in [-0.39, 0.29) is 24.8 Å². The second-order valence-corrected chi connectivity index (χ2v) is 9.22. The number of nitrogens with zero attached hydrogens (tertiary/aromatic N) is 4. The monoisotopic (exact) mass is 552 g/mol. The molecule has 1 atom stereocenters. The minimum atomic E-state index is -0.631. The fourth-order valence-electron chi connectivity index (χ4n) is 3.75. The second-order valence-electron chi connectivity index (χ2n) is 8.41. The molecule has 0 fully saturated rings.